The number of hydrogen-bond acceptors (Lipinski definition) is 4. The molecule has 0 bridgehead atoms. The first-order valence-electron chi connectivity index (χ1n) is 5.49. The molecule has 16 heavy (non-hydrogen) atoms. The number of anilines is 1. The Bertz CT molecular complexity index is 330. The Morgan fingerprint density at radius 3 is 2.69 bits per heavy atom. The van der Waals surface area contributed by atoms with Crippen molar-refractivity contribution >= 4 is 22.4 Å². The minimum Gasteiger partial charge on any atom is -0.481 e. The summed E-state index contributed by atoms with van der Waals surface area (Å²) in [6.07, 6.45) is 2.97. The molecule has 0 aliphatic rings. The molecule has 0 radical (unpaired) electrons. The molecule has 0 atom stereocenters. The Hall–Kier alpha value is -1.10. The number of rotatable bonds is 7. The highest BCUT2D eigenvalue weighted by atomic mass is 32.1. The number of aliphatic carboxylic acids is 1. The third-order valence-electron chi connectivity index (χ3n) is 2.37. The van der Waals surface area contributed by atoms with Crippen LogP contribution in [0.1, 0.15) is 36.3 Å². The van der Waals surface area contributed by atoms with Crippen LogP contribution in [0.25, 0.3) is 0 Å². The van der Waals surface area contributed by atoms with Gasteiger partial charge in [0.15, 0.2) is 5.13 Å². The Kier molecular flexibility index (Phi) is 5.25. The molecular weight excluding hydrogens is 224 g/mol. The molecule has 0 unspecified atom stereocenters. The fraction of sp³-hybridized carbons (Fsp3) is 0.636. The molecule has 1 aromatic rings. The molecule has 0 aromatic carbocycles. The standard InChI is InChI=1S/C11H18N2O2S/c1-8-9(2)16-11(13-8)12-7-5-3-4-6-10(14)15/h3-7H2,1-2H3,(H,12,13)(H,14,15). The third-order valence-corrected chi connectivity index (χ3v) is 3.40. The molecule has 1 heterocycles. The lowest BCUT2D eigenvalue weighted by atomic mass is 10.2. The fourth-order valence-corrected chi connectivity index (χ4v) is 2.16. The van der Waals surface area contributed by atoms with Gasteiger partial charge < -0.3 is 10.4 Å². The monoisotopic (exact) mass is 242 g/mol. The number of aryl methyl sites for hydroxylation is 2. The van der Waals surface area contributed by atoms with Crippen LogP contribution in [0, 0.1) is 13.8 Å². The first kappa shape index (κ1) is 13.0. The van der Waals surface area contributed by atoms with Crippen molar-refractivity contribution in [3.8, 4) is 0 Å². The van der Waals surface area contributed by atoms with Crippen molar-refractivity contribution in [1.82, 2.24) is 4.98 Å². The Morgan fingerprint density at radius 2 is 2.12 bits per heavy atom. The molecule has 0 saturated heterocycles. The van der Waals surface area contributed by atoms with Gasteiger partial charge in [-0.1, -0.05) is 6.42 Å². The van der Waals surface area contributed by atoms with E-state index in [4.69, 9.17) is 5.11 Å². The summed E-state index contributed by atoms with van der Waals surface area (Å²) in [7, 11) is 0. The van der Waals surface area contributed by atoms with Gasteiger partial charge in [-0.05, 0) is 26.7 Å². The van der Waals surface area contributed by atoms with Crippen molar-refractivity contribution in [1.29, 1.82) is 0 Å². The lowest BCUT2D eigenvalue weighted by molar-refractivity contribution is -0.137. The van der Waals surface area contributed by atoms with E-state index in [1.54, 1.807) is 11.3 Å². The van der Waals surface area contributed by atoms with Crippen LogP contribution in [-0.2, 0) is 4.79 Å². The zero-order valence-electron chi connectivity index (χ0n) is 9.75. The lowest BCUT2D eigenvalue weighted by Gasteiger charge is -2.01. The number of carboxylic acids is 1. The minimum atomic E-state index is -0.709. The molecule has 0 fully saturated rings. The molecule has 4 nitrogen and oxygen atoms in total. The van der Waals surface area contributed by atoms with Crippen molar-refractivity contribution in [2.45, 2.75) is 39.5 Å². The number of carboxylic acid groups (broad SMARTS) is 1. The molecule has 0 aliphatic carbocycles. The second-order valence-corrected chi connectivity index (χ2v) is 4.99. The van der Waals surface area contributed by atoms with Crippen molar-refractivity contribution in [3.05, 3.63) is 10.6 Å². The Balaban J connectivity index is 2.09. The molecule has 0 amide bonds. The van der Waals surface area contributed by atoms with Crippen LogP contribution in [0.15, 0.2) is 0 Å². The van der Waals surface area contributed by atoms with E-state index in [1.165, 1.54) is 4.88 Å². The Labute approximate surface area is 99.7 Å². The van der Waals surface area contributed by atoms with E-state index in [0.29, 0.717) is 0 Å². The third kappa shape index (κ3) is 4.61. The van der Waals surface area contributed by atoms with Crippen LogP contribution in [0.3, 0.4) is 0 Å². The summed E-state index contributed by atoms with van der Waals surface area (Å²) >= 11 is 1.67. The first-order chi connectivity index (χ1) is 7.59. The van der Waals surface area contributed by atoms with E-state index in [2.05, 4.69) is 17.2 Å². The van der Waals surface area contributed by atoms with Gasteiger partial charge in [-0.3, -0.25) is 4.79 Å². The molecule has 1 aromatic heterocycles. The normalized spacial score (nSPS) is 10.4. The molecule has 1 rings (SSSR count). The number of nitrogens with one attached hydrogen (secondary N) is 1. The number of nitrogens with zero attached hydrogens (tertiary/aromatic N) is 1. The summed E-state index contributed by atoms with van der Waals surface area (Å²) in [4.78, 5) is 15.9. The van der Waals surface area contributed by atoms with E-state index < -0.39 is 5.97 Å². The van der Waals surface area contributed by atoms with E-state index in [1.807, 2.05) is 6.92 Å². The minimum absolute atomic E-state index is 0.273. The van der Waals surface area contributed by atoms with Crippen molar-refractivity contribution in [2.24, 2.45) is 0 Å². The van der Waals surface area contributed by atoms with Gasteiger partial charge in [-0.2, -0.15) is 0 Å². The molecule has 90 valence electrons. The quantitative estimate of drug-likeness (QED) is 0.722. The molecule has 0 saturated carbocycles. The molecule has 0 aliphatic heterocycles. The number of aromatic nitrogens is 1. The van der Waals surface area contributed by atoms with Gasteiger partial charge in [0, 0.05) is 17.8 Å². The molecule has 0 spiro atoms. The maximum Gasteiger partial charge on any atom is 0.303 e. The van der Waals surface area contributed by atoms with Crippen LogP contribution >= 0.6 is 11.3 Å². The highest BCUT2D eigenvalue weighted by Gasteiger charge is 2.02. The highest BCUT2D eigenvalue weighted by Crippen LogP contribution is 2.20. The predicted molar refractivity (Wildman–Crippen MR) is 66.2 cm³/mol. The van der Waals surface area contributed by atoms with Crippen LogP contribution in [0.4, 0.5) is 5.13 Å². The average molecular weight is 242 g/mol. The topological polar surface area (TPSA) is 62.2 Å². The number of hydrogen-bond donors (Lipinski definition) is 2. The Morgan fingerprint density at radius 1 is 1.38 bits per heavy atom. The van der Waals surface area contributed by atoms with E-state index in [0.717, 1.165) is 36.6 Å². The first-order valence-corrected chi connectivity index (χ1v) is 6.31. The second-order valence-electron chi connectivity index (χ2n) is 3.79. The number of carbonyl (C=O) groups is 1. The van der Waals surface area contributed by atoms with Gasteiger partial charge in [-0.25, -0.2) is 4.98 Å². The number of thiazole rings is 1. The van der Waals surface area contributed by atoms with Crippen LogP contribution in [-0.4, -0.2) is 22.6 Å². The zero-order chi connectivity index (χ0) is 12.0. The second kappa shape index (κ2) is 6.48. The smallest absolute Gasteiger partial charge is 0.303 e. The van der Waals surface area contributed by atoms with Crippen LogP contribution in [0.2, 0.25) is 0 Å². The van der Waals surface area contributed by atoms with Crippen molar-refractivity contribution in [2.75, 3.05) is 11.9 Å². The lowest BCUT2D eigenvalue weighted by Crippen LogP contribution is -2.01. The summed E-state index contributed by atoms with van der Waals surface area (Å²) in [5.41, 5.74) is 1.08. The van der Waals surface area contributed by atoms with E-state index >= 15 is 0 Å². The molecular formula is C11H18N2O2S. The molecule has 2 N–H and O–H groups in total. The summed E-state index contributed by atoms with van der Waals surface area (Å²) in [5, 5.41) is 12.7. The maximum atomic E-state index is 10.3. The van der Waals surface area contributed by atoms with Crippen molar-refractivity contribution < 1.29 is 9.90 Å². The van der Waals surface area contributed by atoms with Crippen LogP contribution in [0.5, 0.6) is 0 Å². The highest BCUT2D eigenvalue weighted by molar-refractivity contribution is 7.15. The predicted octanol–water partition coefficient (Wildman–Crippen LogP) is 2.82. The van der Waals surface area contributed by atoms with Gasteiger partial charge in [0.25, 0.3) is 0 Å². The van der Waals surface area contributed by atoms with Gasteiger partial charge in [0.2, 0.25) is 0 Å². The summed E-state index contributed by atoms with van der Waals surface area (Å²) in [6.45, 7) is 4.93. The van der Waals surface area contributed by atoms with E-state index in [-0.39, 0.29) is 6.42 Å². The van der Waals surface area contributed by atoms with E-state index in [9.17, 15) is 4.79 Å². The summed E-state index contributed by atoms with van der Waals surface area (Å²) < 4.78 is 0. The van der Waals surface area contributed by atoms with Crippen molar-refractivity contribution in [3.63, 3.8) is 0 Å². The largest absolute Gasteiger partial charge is 0.481 e. The van der Waals surface area contributed by atoms with Gasteiger partial charge in [-0.15, -0.1) is 11.3 Å². The summed E-state index contributed by atoms with van der Waals surface area (Å²) in [5.74, 6) is -0.709. The van der Waals surface area contributed by atoms with Gasteiger partial charge >= 0.3 is 5.97 Å². The van der Waals surface area contributed by atoms with Gasteiger partial charge in [0.05, 0.1) is 5.69 Å². The summed E-state index contributed by atoms with van der Waals surface area (Å²) in [6, 6.07) is 0. The van der Waals surface area contributed by atoms with Gasteiger partial charge in [0.1, 0.15) is 0 Å². The van der Waals surface area contributed by atoms with Crippen LogP contribution < -0.4 is 5.32 Å². The zero-order valence-corrected chi connectivity index (χ0v) is 10.6. The average Bonchev–Trinajstić information content (AvgIpc) is 2.52. The maximum absolute atomic E-state index is 10.3. The SMILES string of the molecule is Cc1nc(NCCCCCC(=O)O)sc1C. The fourth-order valence-electron chi connectivity index (χ4n) is 1.32. The number of unbranched alkanes of at least 4 members (excludes halogenated alkanes) is 2. The molecule has 5 heteroatoms.